The summed E-state index contributed by atoms with van der Waals surface area (Å²) in [6, 6.07) is 13.9. The molecular formula is C25H25FN4O2. The van der Waals surface area contributed by atoms with E-state index >= 15 is 0 Å². The molecule has 5 rings (SSSR count). The Morgan fingerprint density at radius 1 is 1.00 bits per heavy atom. The number of halogens is 1. The molecule has 2 aliphatic rings. The first kappa shape index (κ1) is 20.4. The predicted octanol–water partition coefficient (Wildman–Crippen LogP) is 3.95. The molecule has 1 saturated heterocycles. The molecule has 0 atom stereocenters. The van der Waals surface area contributed by atoms with E-state index in [0.29, 0.717) is 18.7 Å². The average Bonchev–Trinajstić information content (AvgIpc) is 3.42. The third-order valence-corrected chi connectivity index (χ3v) is 6.22. The molecular weight excluding hydrogens is 407 g/mol. The third-order valence-electron chi connectivity index (χ3n) is 6.22. The maximum Gasteiger partial charge on any atom is 0.272 e. The Bertz CT molecular complexity index is 1170. The minimum Gasteiger partial charge on any atom is -0.347 e. The molecule has 1 aliphatic carbocycles. The zero-order valence-electron chi connectivity index (χ0n) is 17.8. The van der Waals surface area contributed by atoms with Crippen LogP contribution in [-0.2, 0) is 24.2 Å². The number of hydrogen-bond acceptors (Lipinski definition) is 3. The molecule has 2 aromatic carbocycles. The van der Waals surface area contributed by atoms with Crippen molar-refractivity contribution in [3.05, 3.63) is 76.9 Å². The van der Waals surface area contributed by atoms with Crippen molar-refractivity contribution in [1.82, 2.24) is 15.1 Å². The number of carbonyl (C=O) groups is 2. The molecule has 3 aromatic rings. The van der Waals surface area contributed by atoms with Gasteiger partial charge in [0.25, 0.3) is 5.91 Å². The number of aromatic nitrogens is 2. The molecule has 1 aromatic heterocycles. The number of benzene rings is 2. The van der Waals surface area contributed by atoms with E-state index in [9.17, 15) is 14.0 Å². The molecule has 2 heterocycles. The van der Waals surface area contributed by atoms with Gasteiger partial charge in [-0.1, -0.05) is 12.1 Å². The van der Waals surface area contributed by atoms with E-state index in [4.69, 9.17) is 0 Å². The van der Waals surface area contributed by atoms with Crippen LogP contribution in [0, 0.1) is 5.82 Å². The third kappa shape index (κ3) is 3.90. The first-order valence-corrected chi connectivity index (χ1v) is 11.1. The zero-order valence-corrected chi connectivity index (χ0v) is 17.8. The van der Waals surface area contributed by atoms with E-state index in [1.165, 1.54) is 12.1 Å². The summed E-state index contributed by atoms with van der Waals surface area (Å²) in [6.45, 7) is 1.09. The number of hydrogen-bond donors (Lipinski definition) is 1. The van der Waals surface area contributed by atoms with E-state index in [1.54, 1.807) is 21.7 Å². The van der Waals surface area contributed by atoms with Crippen molar-refractivity contribution in [1.29, 1.82) is 0 Å². The Kier molecular flexibility index (Phi) is 5.47. The van der Waals surface area contributed by atoms with Crippen LogP contribution in [0.4, 0.5) is 10.1 Å². The monoisotopic (exact) mass is 432 g/mol. The van der Waals surface area contributed by atoms with Gasteiger partial charge in [0.05, 0.1) is 5.69 Å². The van der Waals surface area contributed by atoms with Crippen molar-refractivity contribution in [3.8, 4) is 5.69 Å². The van der Waals surface area contributed by atoms with Crippen LogP contribution in [0.15, 0.2) is 48.5 Å². The highest BCUT2D eigenvalue weighted by Gasteiger charge is 2.26. The molecule has 0 saturated carbocycles. The summed E-state index contributed by atoms with van der Waals surface area (Å²) in [6.07, 6.45) is 5.19. The minimum absolute atomic E-state index is 0.143. The summed E-state index contributed by atoms with van der Waals surface area (Å²) in [5.74, 6) is -0.374. The Morgan fingerprint density at radius 3 is 2.59 bits per heavy atom. The smallest absolute Gasteiger partial charge is 0.272 e. The standard InChI is InChI=1S/C25H25FN4O2/c26-18-10-12-19(13-11-18)30-22-8-2-1-7-21(22)24(28-30)25(32)27-16-17-5-3-6-20(15-17)29-14-4-9-23(29)31/h3,5-6,10-13,15H,1-2,4,7-9,14,16H2,(H,27,32). The number of carbonyl (C=O) groups excluding carboxylic acids is 2. The van der Waals surface area contributed by atoms with Crippen LogP contribution in [-0.4, -0.2) is 28.1 Å². The van der Waals surface area contributed by atoms with Gasteiger partial charge in [0.1, 0.15) is 5.82 Å². The fourth-order valence-electron chi connectivity index (χ4n) is 4.60. The van der Waals surface area contributed by atoms with Crippen LogP contribution < -0.4 is 10.2 Å². The van der Waals surface area contributed by atoms with Gasteiger partial charge in [-0.2, -0.15) is 5.10 Å². The number of nitrogens with one attached hydrogen (secondary N) is 1. The molecule has 1 aliphatic heterocycles. The quantitative estimate of drug-likeness (QED) is 0.664. The highest BCUT2D eigenvalue weighted by atomic mass is 19.1. The van der Waals surface area contributed by atoms with Gasteiger partial charge in [0.2, 0.25) is 5.91 Å². The normalized spacial score (nSPS) is 15.7. The number of anilines is 1. The van der Waals surface area contributed by atoms with Crippen molar-refractivity contribution >= 4 is 17.5 Å². The lowest BCUT2D eigenvalue weighted by Crippen LogP contribution is -2.26. The van der Waals surface area contributed by atoms with Gasteiger partial charge in [0.15, 0.2) is 5.69 Å². The van der Waals surface area contributed by atoms with Crippen molar-refractivity contribution < 1.29 is 14.0 Å². The van der Waals surface area contributed by atoms with Gasteiger partial charge in [-0.25, -0.2) is 9.07 Å². The molecule has 164 valence electrons. The Hall–Kier alpha value is -3.48. The largest absolute Gasteiger partial charge is 0.347 e. The lowest BCUT2D eigenvalue weighted by molar-refractivity contribution is -0.117. The van der Waals surface area contributed by atoms with E-state index in [-0.39, 0.29) is 17.6 Å². The van der Waals surface area contributed by atoms with E-state index < -0.39 is 0 Å². The fourth-order valence-corrected chi connectivity index (χ4v) is 4.60. The van der Waals surface area contributed by atoms with Gasteiger partial charge in [-0.15, -0.1) is 0 Å². The SMILES string of the molecule is O=C(NCc1cccc(N2CCCC2=O)c1)c1nn(-c2ccc(F)cc2)c2c1CCCC2. The van der Waals surface area contributed by atoms with Crippen molar-refractivity contribution in [2.45, 2.75) is 45.1 Å². The van der Waals surface area contributed by atoms with Crippen molar-refractivity contribution in [2.24, 2.45) is 0 Å². The number of amides is 2. The number of nitrogens with zero attached hydrogens (tertiary/aromatic N) is 3. The molecule has 2 amide bonds. The van der Waals surface area contributed by atoms with Gasteiger partial charge in [0, 0.05) is 36.5 Å². The molecule has 0 spiro atoms. The minimum atomic E-state index is -0.300. The summed E-state index contributed by atoms with van der Waals surface area (Å²) in [4.78, 5) is 26.9. The first-order chi connectivity index (χ1) is 15.6. The molecule has 0 unspecified atom stereocenters. The molecule has 6 nitrogen and oxygen atoms in total. The average molecular weight is 432 g/mol. The zero-order chi connectivity index (χ0) is 22.1. The second-order valence-electron chi connectivity index (χ2n) is 8.37. The van der Waals surface area contributed by atoms with E-state index in [2.05, 4.69) is 10.4 Å². The maximum absolute atomic E-state index is 13.4. The van der Waals surface area contributed by atoms with Crippen LogP contribution >= 0.6 is 0 Å². The van der Waals surface area contributed by atoms with Crippen molar-refractivity contribution in [2.75, 3.05) is 11.4 Å². The van der Waals surface area contributed by atoms with Gasteiger partial charge < -0.3 is 10.2 Å². The van der Waals surface area contributed by atoms with Gasteiger partial charge in [-0.05, 0) is 74.1 Å². The lowest BCUT2D eigenvalue weighted by Gasteiger charge is -2.16. The summed E-state index contributed by atoms with van der Waals surface area (Å²) in [5, 5.41) is 7.61. The number of fused-ring (bicyclic) bond motifs is 1. The van der Waals surface area contributed by atoms with Crippen LogP contribution in [0.25, 0.3) is 5.69 Å². The highest BCUT2D eigenvalue weighted by molar-refractivity contribution is 5.95. The van der Waals surface area contributed by atoms with Crippen LogP contribution in [0.1, 0.15) is 53.0 Å². The van der Waals surface area contributed by atoms with E-state index in [0.717, 1.165) is 66.8 Å². The van der Waals surface area contributed by atoms with Crippen LogP contribution in [0.5, 0.6) is 0 Å². The lowest BCUT2D eigenvalue weighted by atomic mass is 9.95. The molecule has 1 fully saturated rings. The second-order valence-corrected chi connectivity index (χ2v) is 8.37. The molecule has 32 heavy (non-hydrogen) atoms. The summed E-state index contributed by atoms with van der Waals surface area (Å²) < 4.78 is 15.1. The van der Waals surface area contributed by atoms with Crippen LogP contribution in [0.3, 0.4) is 0 Å². The predicted molar refractivity (Wildman–Crippen MR) is 119 cm³/mol. The highest BCUT2D eigenvalue weighted by Crippen LogP contribution is 2.27. The first-order valence-electron chi connectivity index (χ1n) is 11.1. The molecule has 7 heteroatoms. The Balaban J connectivity index is 1.36. The molecule has 0 radical (unpaired) electrons. The van der Waals surface area contributed by atoms with Gasteiger partial charge >= 0.3 is 0 Å². The number of rotatable bonds is 5. The molecule has 1 N–H and O–H groups in total. The molecule has 0 bridgehead atoms. The summed E-state index contributed by atoms with van der Waals surface area (Å²) in [7, 11) is 0. The van der Waals surface area contributed by atoms with Crippen LogP contribution in [0.2, 0.25) is 0 Å². The maximum atomic E-state index is 13.4. The van der Waals surface area contributed by atoms with E-state index in [1.807, 2.05) is 24.3 Å². The van der Waals surface area contributed by atoms with Gasteiger partial charge in [-0.3, -0.25) is 9.59 Å². The topological polar surface area (TPSA) is 67.2 Å². The Morgan fingerprint density at radius 2 is 1.81 bits per heavy atom. The second kappa shape index (κ2) is 8.57. The summed E-state index contributed by atoms with van der Waals surface area (Å²) in [5.41, 5.74) is 5.01. The Labute approximate surface area is 186 Å². The van der Waals surface area contributed by atoms with Crippen molar-refractivity contribution in [3.63, 3.8) is 0 Å². The summed E-state index contributed by atoms with van der Waals surface area (Å²) >= 11 is 0. The fraction of sp³-hybridized carbons (Fsp3) is 0.320.